The lowest BCUT2D eigenvalue weighted by Crippen LogP contribution is -2.38. The molecule has 5 heteroatoms. The molecule has 0 radical (unpaired) electrons. The molecule has 1 heterocycles. The van der Waals surface area contributed by atoms with Gasteiger partial charge in [-0.25, -0.2) is 4.79 Å². The molecule has 1 fully saturated rings. The largest absolute Gasteiger partial charge is 0.508 e. The van der Waals surface area contributed by atoms with Crippen molar-refractivity contribution in [1.82, 2.24) is 0 Å². The lowest BCUT2D eigenvalue weighted by atomic mass is 10.2. The molecule has 3 N–H and O–H groups in total. The molecule has 1 aliphatic rings. The van der Waals surface area contributed by atoms with Gasteiger partial charge >= 0.3 is 6.09 Å². The van der Waals surface area contributed by atoms with Crippen molar-refractivity contribution in [3.63, 3.8) is 0 Å². The zero-order valence-corrected chi connectivity index (χ0v) is 8.09. The second-order valence-electron chi connectivity index (χ2n) is 3.36. The number of carbonyl (C=O) groups is 1. The molecule has 1 aliphatic heterocycles. The third-order valence-corrected chi connectivity index (χ3v) is 2.34. The standard InChI is InChI=1S/C10H12N2O3/c11-5-8-6-15-10(14)12(8)7-2-1-3-9(13)4-7/h1-4,8,13H,5-6,11H2. The average molecular weight is 208 g/mol. The van der Waals surface area contributed by atoms with Gasteiger partial charge in [-0.15, -0.1) is 0 Å². The minimum atomic E-state index is -0.420. The Morgan fingerprint density at radius 3 is 3.07 bits per heavy atom. The molecule has 80 valence electrons. The van der Waals surface area contributed by atoms with E-state index in [0.29, 0.717) is 18.8 Å². The van der Waals surface area contributed by atoms with Crippen LogP contribution in [0.5, 0.6) is 5.75 Å². The Bertz CT molecular complexity index is 381. The minimum Gasteiger partial charge on any atom is -0.508 e. The van der Waals surface area contributed by atoms with Gasteiger partial charge in [0.1, 0.15) is 12.4 Å². The van der Waals surface area contributed by atoms with Gasteiger partial charge in [0.25, 0.3) is 0 Å². The minimum absolute atomic E-state index is 0.114. The highest BCUT2D eigenvalue weighted by Gasteiger charge is 2.33. The van der Waals surface area contributed by atoms with Gasteiger partial charge in [-0.1, -0.05) is 6.07 Å². The van der Waals surface area contributed by atoms with Crippen molar-refractivity contribution >= 4 is 11.8 Å². The second kappa shape index (κ2) is 3.78. The molecule has 1 atom stereocenters. The summed E-state index contributed by atoms with van der Waals surface area (Å²) in [5, 5.41) is 9.31. The smallest absolute Gasteiger partial charge is 0.414 e. The number of nitrogens with zero attached hydrogens (tertiary/aromatic N) is 1. The summed E-state index contributed by atoms with van der Waals surface area (Å²) in [6.45, 7) is 0.631. The highest BCUT2D eigenvalue weighted by Crippen LogP contribution is 2.25. The first kappa shape index (κ1) is 9.79. The second-order valence-corrected chi connectivity index (χ2v) is 3.36. The van der Waals surface area contributed by atoms with E-state index in [9.17, 15) is 9.90 Å². The highest BCUT2D eigenvalue weighted by atomic mass is 16.6. The molecule has 1 aromatic rings. The van der Waals surface area contributed by atoms with Gasteiger partial charge in [-0.3, -0.25) is 4.90 Å². The van der Waals surface area contributed by atoms with Crippen LogP contribution in [0.4, 0.5) is 10.5 Å². The molecular weight excluding hydrogens is 196 g/mol. The van der Waals surface area contributed by atoms with Crippen LogP contribution in [0.2, 0.25) is 0 Å². The quantitative estimate of drug-likeness (QED) is 0.749. The molecule has 1 saturated heterocycles. The Morgan fingerprint density at radius 2 is 2.40 bits per heavy atom. The van der Waals surface area contributed by atoms with Crippen molar-refractivity contribution in [2.75, 3.05) is 18.1 Å². The number of hydrogen-bond donors (Lipinski definition) is 2. The monoisotopic (exact) mass is 208 g/mol. The summed E-state index contributed by atoms with van der Waals surface area (Å²) in [5.41, 5.74) is 6.13. The SMILES string of the molecule is NCC1COC(=O)N1c1cccc(O)c1. The summed E-state index contributed by atoms with van der Waals surface area (Å²) in [6.07, 6.45) is -0.420. The van der Waals surface area contributed by atoms with Crippen molar-refractivity contribution in [2.24, 2.45) is 5.73 Å². The Labute approximate surface area is 87.1 Å². The van der Waals surface area contributed by atoms with Crippen LogP contribution in [-0.2, 0) is 4.74 Å². The van der Waals surface area contributed by atoms with E-state index in [4.69, 9.17) is 10.5 Å². The fourth-order valence-corrected chi connectivity index (χ4v) is 1.59. The van der Waals surface area contributed by atoms with Gasteiger partial charge in [-0.2, -0.15) is 0 Å². The molecule has 2 rings (SSSR count). The Morgan fingerprint density at radius 1 is 1.60 bits per heavy atom. The number of aromatic hydroxyl groups is 1. The molecule has 1 amide bonds. The number of anilines is 1. The third kappa shape index (κ3) is 1.73. The van der Waals surface area contributed by atoms with Crippen LogP contribution in [0.3, 0.4) is 0 Å². The summed E-state index contributed by atoms with van der Waals surface area (Å²) in [7, 11) is 0. The maximum Gasteiger partial charge on any atom is 0.414 e. The van der Waals surface area contributed by atoms with Crippen molar-refractivity contribution in [3.05, 3.63) is 24.3 Å². The first-order valence-corrected chi connectivity index (χ1v) is 4.67. The van der Waals surface area contributed by atoms with Crippen LogP contribution in [-0.4, -0.2) is 30.4 Å². The predicted molar refractivity (Wildman–Crippen MR) is 54.8 cm³/mol. The first-order valence-electron chi connectivity index (χ1n) is 4.67. The summed E-state index contributed by atoms with van der Waals surface area (Å²) in [6, 6.07) is 6.30. The molecule has 0 bridgehead atoms. The van der Waals surface area contributed by atoms with Gasteiger partial charge in [0.2, 0.25) is 0 Å². The Balaban J connectivity index is 2.32. The molecule has 0 saturated carbocycles. The molecule has 0 aromatic heterocycles. The molecule has 0 aliphatic carbocycles. The third-order valence-electron chi connectivity index (χ3n) is 2.34. The number of phenolic OH excluding ortho intramolecular Hbond substituents is 1. The number of hydrogen-bond acceptors (Lipinski definition) is 4. The summed E-state index contributed by atoms with van der Waals surface area (Å²) < 4.78 is 4.89. The number of rotatable bonds is 2. The van der Waals surface area contributed by atoms with Crippen LogP contribution < -0.4 is 10.6 Å². The Hall–Kier alpha value is -1.75. The normalized spacial score (nSPS) is 20.5. The van der Waals surface area contributed by atoms with E-state index in [1.54, 1.807) is 18.2 Å². The van der Waals surface area contributed by atoms with Gasteiger partial charge < -0.3 is 15.6 Å². The zero-order valence-electron chi connectivity index (χ0n) is 8.09. The number of nitrogens with two attached hydrogens (primary N) is 1. The topological polar surface area (TPSA) is 75.8 Å². The van der Waals surface area contributed by atoms with Crippen LogP contribution in [0.1, 0.15) is 0 Å². The van der Waals surface area contributed by atoms with E-state index in [0.717, 1.165) is 0 Å². The number of phenols is 1. The van der Waals surface area contributed by atoms with Crippen molar-refractivity contribution in [2.45, 2.75) is 6.04 Å². The van der Waals surface area contributed by atoms with E-state index in [-0.39, 0.29) is 11.8 Å². The van der Waals surface area contributed by atoms with E-state index in [1.165, 1.54) is 11.0 Å². The number of benzene rings is 1. The molecule has 1 aromatic carbocycles. The van der Waals surface area contributed by atoms with Crippen molar-refractivity contribution in [1.29, 1.82) is 0 Å². The van der Waals surface area contributed by atoms with Gasteiger partial charge in [0.05, 0.1) is 11.7 Å². The van der Waals surface area contributed by atoms with Crippen LogP contribution >= 0.6 is 0 Å². The molecule has 1 unspecified atom stereocenters. The van der Waals surface area contributed by atoms with E-state index < -0.39 is 6.09 Å². The Kier molecular flexibility index (Phi) is 2.47. The van der Waals surface area contributed by atoms with Gasteiger partial charge in [0, 0.05) is 12.6 Å². The van der Waals surface area contributed by atoms with Gasteiger partial charge in [-0.05, 0) is 12.1 Å². The van der Waals surface area contributed by atoms with E-state index >= 15 is 0 Å². The predicted octanol–water partition coefficient (Wildman–Crippen LogP) is 0.676. The number of amides is 1. The first-order chi connectivity index (χ1) is 7.22. The molecule has 0 spiro atoms. The van der Waals surface area contributed by atoms with E-state index in [1.807, 2.05) is 0 Å². The van der Waals surface area contributed by atoms with Gasteiger partial charge in [0.15, 0.2) is 0 Å². The highest BCUT2D eigenvalue weighted by molar-refractivity contribution is 5.90. The van der Waals surface area contributed by atoms with E-state index in [2.05, 4.69) is 0 Å². The fourth-order valence-electron chi connectivity index (χ4n) is 1.59. The number of ether oxygens (including phenoxy) is 1. The molecule has 15 heavy (non-hydrogen) atoms. The van der Waals surface area contributed by atoms with Crippen LogP contribution in [0.25, 0.3) is 0 Å². The maximum absolute atomic E-state index is 11.4. The summed E-state index contributed by atoms with van der Waals surface area (Å²) >= 11 is 0. The lowest BCUT2D eigenvalue weighted by molar-refractivity contribution is 0.179. The molecule has 5 nitrogen and oxygen atoms in total. The fraction of sp³-hybridized carbons (Fsp3) is 0.300. The van der Waals surface area contributed by atoms with Crippen LogP contribution in [0.15, 0.2) is 24.3 Å². The average Bonchev–Trinajstić information content (AvgIpc) is 2.59. The number of cyclic esters (lactones) is 1. The zero-order chi connectivity index (χ0) is 10.8. The number of carbonyl (C=O) groups excluding carboxylic acids is 1. The lowest BCUT2D eigenvalue weighted by Gasteiger charge is -2.19. The summed E-state index contributed by atoms with van der Waals surface area (Å²) in [4.78, 5) is 12.9. The maximum atomic E-state index is 11.4. The summed E-state index contributed by atoms with van der Waals surface area (Å²) in [5.74, 6) is 0.114. The van der Waals surface area contributed by atoms with Crippen LogP contribution in [0, 0.1) is 0 Å². The molecular formula is C10H12N2O3. The van der Waals surface area contributed by atoms with Crippen molar-refractivity contribution in [3.8, 4) is 5.75 Å². The van der Waals surface area contributed by atoms with Crippen molar-refractivity contribution < 1.29 is 14.6 Å².